The molecule has 0 fully saturated rings. The average molecular weight is 152 g/mol. The van der Waals surface area contributed by atoms with Crippen molar-refractivity contribution in [1.82, 2.24) is 0 Å². The zero-order chi connectivity index (χ0) is 0. The van der Waals surface area contributed by atoms with Gasteiger partial charge in [-0.25, -0.2) is 0 Å². The Balaban J connectivity index is 0. The summed E-state index contributed by atoms with van der Waals surface area (Å²) in [6, 6.07) is 0. The minimum Gasteiger partial charge on any atom is -1.00 e. The predicted molar refractivity (Wildman–Crippen MR) is 15.6 cm³/mol. The molecule has 1 radical (unpaired) electrons. The van der Waals surface area contributed by atoms with Gasteiger partial charge in [0, 0.05) is 17.1 Å². The summed E-state index contributed by atoms with van der Waals surface area (Å²) in [4.78, 5) is 0. The molecular formula is H3Cl2MnNa. The van der Waals surface area contributed by atoms with Crippen LogP contribution in [0.3, 0.4) is 0 Å². The molecule has 4 heavy (non-hydrogen) atoms. The van der Waals surface area contributed by atoms with E-state index < -0.39 is 0 Å². The van der Waals surface area contributed by atoms with E-state index in [1.807, 2.05) is 0 Å². The fourth-order valence-corrected chi connectivity index (χ4v) is 0. The molecule has 0 aromatic carbocycles. The molecule has 0 N–H and O–H groups in total. The van der Waals surface area contributed by atoms with Gasteiger partial charge in [0.2, 0.25) is 0 Å². The molecule has 0 aliphatic rings. The monoisotopic (exact) mass is 151 g/mol. The molecular weight excluding hydrogens is 149 g/mol. The van der Waals surface area contributed by atoms with E-state index in [2.05, 4.69) is 0 Å². The van der Waals surface area contributed by atoms with Crippen molar-refractivity contribution in [3.05, 3.63) is 0 Å². The van der Waals surface area contributed by atoms with E-state index in [-0.39, 0.29) is 72.9 Å². The second-order valence-electron chi connectivity index (χ2n) is 0. The molecule has 0 saturated carbocycles. The molecule has 0 nitrogen and oxygen atoms in total. The Morgan fingerprint density at radius 3 is 1.00 bits per heavy atom. The summed E-state index contributed by atoms with van der Waals surface area (Å²) in [7, 11) is 0. The third-order valence-corrected chi connectivity index (χ3v) is 0. The summed E-state index contributed by atoms with van der Waals surface area (Å²) in [5, 5.41) is 0. The topological polar surface area (TPSA) is 0 Å². The normalized spacial score (nSPS) is 0. The zero-order valence-corrected chi connectivity index (χ0v) is 7.01. The van der Waals surface area contributed by atoms with Crippen LogP contribution >= 0.6 is 24.8 Å². The number of hydrogen-bond donors (Lipinski definition) is 0. The second kappa shape index (κ2) is 19.4. The van der Waals surface area contributed by atoms with E-state index in [9.17, 15) is 0 Å². The number of hydrogen-bond acceptors (Lipinski definition) is 0. The maximum absolute atomic E-state index is 0. The summed E-state index contributed by atoms with van der Waals surface area (Å²) in [6.07, 6.45) is 0. The Bertz CT molecular complexity index is 9.61. The Kier molecular flexibility index (Phi) is 175. The first-order chi connectivity index (χ1) is 0. The van der Waals surface area contributed by atoms with Crippen LogP contribution in [0.25, 0.3) is 0 Å². The van der Waals surface area contributed by atoms with Crippen LogP contribution in [0.1, 0.15) is 1.43 Å². The second-order valence-corrected chi connectivity index (χ2v) is 0. The van der Waals surface area contributed by atoms with Gasteiger partial charge in [0.1, 0.15) is 0 Å². The van der Waals surface area contributed by atoms with Crippen molar-refractivity contribution in [3.63, 3.8) is 0 Å². The quantitative estimate of drug-likeness (QED) is 0.350. The fraction of sp³-hybridized carbons (Fsp3) is 0. The van der Waals surface area contributed by atoms with Crippen LogP contribution in [0.4, 0.5) is 0 Å². The van der Waals surface area contributed by atoms with Gasteiger partial charge in [-0.2, -0.15) is 0 Å². The molecule has 0 aliphatic heterocycles. The SMILES string of the molecule is Cl.Cl.[H-].[Mn].[Na+]. The summed E-state index contributed by atoms with van der Waals surface area (Å²) in [5.74, 6) is 0. The van der Waals surface area contributed by atoms with Crippen LogP contribution in [0.2, 0.25) is 0 Å². The van der Waals surface area contributed by atoms with Gasteiger partial charge in [0.05, 0.1) is 0 Å². The molecule has 0 unspecified atom stereocenters. The smallest absolute Gasteiger partial charge is 1.00 e. The van der Waals surface area contributed by atoms with Crippen molar-refractivity contribution in [2.24, 2.45) is 0 Å². The van der Waals surface area contributed by atoms with Gasteiger partial charge in [-0.3, -0.25) is 0 Å². The van der Waals surface area contributed by atoms with E-state index >= 15 is 0 Å². The van der Waals surface area contributed by atoms with Crippen LogP contribution in [-0.2, 0) is 17.1 Å². The van der Waals surface area contributed by atoms with E-state index in [0.29, 0.717) is 0 Å². The zero-order valence-electron chi connectivity index (χ0n) is 3.19. The minimum absolute atomic E-state index is 0. The summed E-state index contributed by atoms with van der Waals surface area (Å²) in [5.41, 5.74) is 0. The van der Waals surface area contributed by atoms with E-state index in [1.54, 1.807) is 0 Å². The molecule has 4 heteroatoms. The Morgan fingerprint density at radius 1 is 1.00 bits per heavy atom. The van der Waals surface area contributed by atoms with Crippen molar-refractivity contribution < 1.29 is 48.1 Å². The maximum Gasteiger partial charge on any atom is 1.00 e. The number of rotatable bonds is 0. The fourth-order valence-electron chi connectivity index (χ4n) is 0. The first-order valence-electron chi connectivity index (χ1n) is 0. The summed E-state index contributed by atoms with van der Waals surface area (Å²) >= 11 is 0. The Morgan fingerprint density at radius 2 is 1.00 bits per heavy atom. The van der Waals surface area contributed by atoms with Gasteiger partial charge in [-0.15, -0.1) is 24.8 Å². The Labute approximate surface area is 72.2 Å². The standard InChI is InChI=1S/2ClH.Mn.Na.H/h2*1H;;;/q;;;+1;-1. The molecule has 0 atom stereocenters. The largest absolute Gasteiger partial charge is 1.00 e. The predicted octanol–water partition coefficient (Wildman–Crippen LogP) is -2.04. The van der Waals surface area contributed by atoms with Crippen LogP contribution in [0.5, 0.6) is 0 Å². The maximum atomic E-state index is 0. The number of halogens is 2. The third kappa shape index (κ3) is 8.93. The van der Waals surface area contributed by atoms with Crippen molar-refractivity contribution in [2.45, 2.75) is 0 Å². The first-order valence-corrected chi connectivity index (χ1v) is 0. The molecule has 0 saturated heterocycles. The van der Waals surface area contributed by atoms with Crippen LogP contribution in [0, 0.1) is 0 Å². The van der Waals surface area contributed by atoms with E-state index in [0.717, 1.165) is 0 Å². The Hall–Kier alpha value is 2.10. The van der Waals surface area contributed by atoms with Gasteiger partial charge in [0.15, 0.2) is 0 Å². The van der Waals surface area contributed by atoms with E-state index in [4.69, 9.17) is 0 Å². The van der Waals surface area contributed by atoms with Gasteiger partial charge >= 0.3 is 29.6 Å². The molecule has 0 aromatic rings. The molecule has 0 aliphatic carbocycles. The molecule has 0 rings (SSSR count). The van der Waals surface area contributed by atoms with Crippen molar-refractivity contribution in [3.8, 4) is 0 Å². The summed E-state index contributed by atoms with van der Waals surface area (Å²) < 4.78 is 0. The summed E-state index contributed by atoms with van der Waals surface area (Å²) in [6.45, 7) is 0. The minimum atomic E-state index is 0. The molecule has 0 bridgehead atoms. The molecule has 0 amide bonds. The van der Waals surface area contributed by atoms with Gasteiger partial charge in [-0.05, 0) is 0 Å². The van der Waals surface area contributed by atoms with Crippen LogP contribution in [0.15, 0.2) is 0 Å². The molecule has 0 spiro atoms. The van der Waals surface area contributed by atoms with Gasteiger partial charge < -0.3 is 1.43 Å². The van der Waals surface area contributed by atoms with Crippen LogP contribution in [-0.4, -0.2) is 0 Å². The van der Waals surface area contributed by atoms with Crippen molar-refractivity contribution in [1.29, 1.82) is 0 Å². The van der Waals surface area contributed by atoms with E-state index in [1.165, 1.54) is 0 Å². The molecule has 0 aromatic heterocycles. The average Bonchev–Trinajstić information content (AvgIpc) is 0. The molecule has 25 valence electrons. The van der Waals surface area contributed by atoms with Gasteiger partial charge in [-0.1, -0.05) is 0 Å². The molecule has 0 heterocycles. The third-order valence-electron chi connectivity index (χ3n) is 0. The van der Waals surface area contributed by atoms with Gasteiger partial charge in [0.25, 0.3) is 0 Å². The first kappa shape index (κ1) is 36.0. The van der Waals surface area contributed by atoms with Crippen LogP contribution < -0.4 is 29.6 Å². The van der Waals surface area contributed by atoms with Crippen molar-refractivity contribution in [2.75, 3.05) is 0 Å². The van der Waals surface area contributed by atoms with Crippen molar-refractivity contribution >= 4 is 24.8 Å².